The minimum atomic E-state index is -4.80. The number of rotatable bonds is 8. The molecule has 0 aromatic rings. The Bertz CT molecular complexity index is 586. The number of nitrogens with one attached hydrogen (secondary N) is 1. The lowest BCUT2D eigenvalue weighted by Crippen LogP contribution is -2.55. The molecule has 1 saturated heterocycles. The molecule has 1 aliphatic rings. The molecular weight excluding hydrogens is 447 g/mol. The van der Waals surface area contributed by atoms with Crippen LogP contribution in [0, 0.1) is 0 Å². The maximum absolute atomic E-state index is 13.5. The van der Waals surface area contributed by atoms with Gasteiger partial charge in [0.05, 0.1) is 6.61 Å². The molecule has 1 rings (SSSR count). The number of thiocarbonyl (C=S) groups is 1. The Hall–Kier alpha value is -1.01. The van der Waals surface area contributed by atoms with Crippen LogP contribution in [0.1, 0.15) is 27.7 Å². The number of halogens is 3. The van der Waals surface area contributed by atoms with Gasteiger partial charge in [0.25, 0.3) is 0 Å². The lowest BCUT2D eigenvalue weighted by atomic mass is 10.0. The van der Waals surface area contributed by atoms with Crippen molar-refractivity contribution < 1.29 is 37.0 Å². The first-order valence-corrected chi connectivity index (χ1v) is 13.8. The number of ether oxygens (including phenoxy) is 3. The normalized spacial score (nSPS) is 21.3. The third-order valence-electron chi connectivity index (χ3n) is 3.75. The highest BCUT2D eigenvalue weighted by Crippen LogP contribution is 2.35. The quantitative estimate of drug-likeness (QED) is 0.307. The van der Waals surface area contributed by atoms with Crippen molar-refractivity contribution in [3.8, 4) is 0 Å². The van der Waals surface area contributed by atoms with Gasteiger partial charge < -0.3 is 19.5 Å². The Morgan fingerprint density at radius 1 is 1.34 bits per heavy atom. The van der Waals surface area contributed by atoms with Crippen LogP contribution in [0.4, 0.5) is 18.0 Å². The van der Waals surface area contributed by atoms with Crippen molar-refractivity contribution >= 4 is 48.5 Å². The maximum atomic E-state index is 13.5. The molecule has 6 nitrogen and oxygen atoms in total. The predicted molar refractivity (Wildman–Crippen MR) is 114 cm³/mol. The molecule has 12 heteroatoms. The number of alkyl halides is 3. The zero-order valence-corrected chi connectivity index (χ0v) is 19.1. The second-order valence-corrected chi connectivity index (χ2v) is 15.1. The summed E-state index contributed by atoms with van der Waals surface area (Å²) in [7, 11) is -1.62. The molecule has 170 valence electrons. The third-order valence-corrected chi connectivity index (χ3v) is 7.17. The fraction of sp³-hybridized carbons (Fsp3) is 0.824. The van der Waals surface area contributed by atoms with Crippen LogP contribution in [0.5, 0.6) is 0 Å². The maximum Gasteiger partial charge on any atom is 0.509 e. The Labute approximate surface area is 180 Å². The molecule has 4 atom stereocenters. The van der Waals surface area contributed by atoms with Crippen LogP contribution in [0.15, 0.2) is 0 Å². The molecule has 29 heavy (non-hydrogen) atoms. The van der Waals surface area contributed by atoms with E-state index >= 15 is 0 Å². The summed E-state index contributed by atoms with van der Waals surface area (Å²) in [4.78, 5) is 22.8. The topological polar surface area (TPSA) is 73.9 Å². The summed E-state index contributed by atoms with van der Waals surface area (Å²) in [5.74, 6) is -0.880. The second kappa shape index (κ2) is 11.4. The Morgan fingerprint density at radius 2 is 1.93 bits per heavy atom. The van der Waals surface area contributed by atoms with Gasteiger partial charge in [-0.3, -0.25) is 4.79 Å². The Morgan fingerprint density at radius 3 is 2.38 bits per heavy atom. The van der Waals surface area contributed by atoms with E-state index in [0.29, 0.717) is 11.0 Å². The fourth-order valence-corrected chi connectivity index (χ4v) is 7.48. The van der Waals surface area contributed by atoms with E-state index in [1.807, 2.05) is 5.32 Å². The first-order valence-electron chi connectivity index (χ1n) is 8.77. The molecule has 0 radical (unpaired) electrons. The van der Waals surface area contributed by atoms with Crippen LogP contribution < -0.4 is 5.32 Å². The van der Waals surface area contributed by atoms with E-state index in [-0.39, 0.29) is 19.1 Å². The van der Waals surface area contributed by atoms with Crippen molar-refractivity contribution in [3.63, 3.8) is 0 Å². The highest BCUT2D eigenvalue weighted by Gasteiger charge is 2.54. The SMILES string of the molecule is C.CCOC(=S)SC(C[C@@H]1OC(=O)O[C@H]1C(NC(C)=O)C(F)(F)F)C[Si](C)(C)C. The standard InChI is InChI=1S/C16H26F3NO5S2Si.CH4/c1-6-23-15(26)27-10(8-28(3,4)5)7-11-12(25-14(22)24-11)13(16(17,18)19)20-9(2)21;/h10-13H,6-8H2,1-5H3,(H,20,21);1H4/t10?,11-,12+,13?;/m0./s1. The van der Waals surface area contributed by atoms with Crippen molar-refractivity contribution in [1.29, 1.82) is 0 Å². The summed E-state index contributed by atoms with van der Waals surface area (Å²) in [5, 5.41) is 1.62. The lowest BCUT2D eigenvalue weighted by Gasteiger charge is -2.30. The van der Waals surface area contributed by atoms with E-state index in [1.54, 1.807) is 6.92 Å². The zero-order chi connectivity index (χ0) is 21.7. The summed E-state index contributed by atoms with van der Waals surface area (Å²) in [6.07, 6.45) is -8.71. The van der Waals surface area contributed by atoms with Gasteiger partial charge in [0.1, 0.15) is 6.10 Å². The average molecular weight is 478 g/mol. The van der Waals surface area contributed by atoms with E-state index in [2.05, 4.69) is 19.6 Å². The molecule has 1 N–H and O–H groups in total. The first-order chi connectivity index (χ1) is 12.7. The Balaban J connectivity index is 0.00000784. The molecule has 0 aromatic carbocycles. The van der Waals surface area contributed by atoms with E-state index in [1.165, 1.54) is 11.8 Å². The van der Waals surface area contributed by atoms with Gasteiger partial charge in [0.15, 0.2) is 12.1 Å². The van der Waals surface area contributed by atoms with Gasteiger partial charge in [-0.05, 0) is 25.2 Å². The van der Waals surface area contributed by atoms with E-state index < -0.39 is 44.6 Å². The predicted octanol–water partition coefficient (Wildman–Crippen LogP) is 4.75. The molecule has 0 aromatic heterocycles. The zero-order valence-electron chi connectivity index (χ0n) is 16.4. The van der Waals surface area contributed by atoms with Crippen molar-refractivity contribution in [2.75, 3.05) is 6.61 Å². The van der Waals surface area contributed by atoms with Crippen LogP contribution in [-0.4, -0.2) is 60.8 Å². The molecule has 1 amide bonds. The molecule has 0 spiro atoms. The van der Waals surface area contributed by atoms with Crippen molar-refractivity contribution in [2.24, 2.45) is 0 Å². The molecular formula is C17H30F3NO5S2Si. The van der Waals surface area contributed by atoms with Crippen molar-refractivity contribution in [3.05, 3.63) is 0 Å². The number of thioether (sulfide) groups is 1. The minimum absolute atomic E-state index is 0. The second-order valence-electron chi connectivity index (χ2n) is 7.63. The van der Waals surface area contributed by atoms with Gasteiger partial charge in [0.2, 0.25) is 10.3 Å². The molecule has 0 aliphatic carbocycles. The number of carbonyl (C=O) groups excluding carboxylic acids is 2. The summed E-state index contributed by atoms with van der Waals surface area (Å²) in [6, 6.07) is -1.62. The van der Waals surface area contributed by atoms with Crippen LogP contribution in [0.2, 0.25) is 25.7 Å². The summed E-state index contributed by atoms with van der Waals surface area (Å²) < 4.78 is 55.7. The third kappa shape index (κ3) is 10.0. The minimum Gasteiger partial charge on any atom is -0.479 e. The van der Waals surface area contributed by atoms with E-state index in [4.69, 9.17) is 26.4 Å². The van der Waals surface area contributed by atoms with Crippen LogP contribution >= 0.6 is 24.0 Å². The van der Waals surface area contributed by atoms with Gasteiger partial charge in [-0.2, -0.15) is 13.2 Å². The smallest absolute Gasteiger partial charge is 0.479 e. The lowest BCUT2D eigenvalue weighted by molar-refractivity contribution is -0.181. The van der Waals surface area contributed by atoms with Crippen LogP contribution in [0.25, 0.3) is 0 Å². The average Bonchev–Trinajstić information content (AvgIpc) is 2.81. The number of hydrogen-bond donors (Lipinski definition) is 1. The van der Waals surface area contributed by atoms with Crippen LogP contribution in [-0.2, 0) is 19.0 Å². The van der Waals surface area contributed by atoms with E-state index in [9.17, 15) is 22.8 Å². The summed E-state index contributed by atoms with van der Waals surface area (Å²) in [6.45, 7) is 9.49. The monoisotopic (exact) mass is 477 g/mol. The first kappa shape index (κ1) is 28.0. The van der Waals surface area contributed by atoms with E-state index in [0.717, 1.165) is 13.0 Å². The number of carbonyl (C=O) groups is 2. The number of hydrogen-bond acceptors (Lipinski definition) is 7. The number of amides is 1. The van der Waals surface area contributed by atoms with Crippen LogP contribution in [0.3, 0.4) is 0 Å². The van der Waals surface area contributed by atoms with Gasteiger partial charge in [-0.1, -0.05) is 38.8 Å². The Kier molecular flexibility index (Phi) is 11.0. The van der Waals surface area contributed by atoms with Gasteiger partial charge in [-0.15, -0.1) is 0 Å². The largest absolute Gasteiger partial charge is 0.509 e. The summed E-state index contributed by atoms with van der Waals surface area (Å²) in [5.41, 5.74) is 0. The van der Waals surface area contributed by atoms with Crippen molar-refractivity contribution in [1.82, 2.24) is 5.32 Å². The molecule has 1 fully saturated rings. The fourth-order valence-electron chi connectivity index (χ4n) is 2.84. The number of cyclic esters (lactones) is 2. The molecule has 0 saturated carbocycles. The highest BCUT2D eigenvalue weighted by atomic mass is 32.2. The highest BCUT2D eigenvalue weighted by molar-refractivity contribution is 8.23. The van der Waals surface area contributed by atoms with Gasteiger partial charge in [-0.25, -0.2) is 4.79 Å². The molecule has 2 unspecified atom stereocenters. The van der Waals surface area contributed by atoms with Gasteiger partial charge in [0, 0.05) is 26.7 Å². The molecule has 1 aliphatic heterocycles. The van der Waals surface area contributed by atoms with Gasteiger partial charge >= 0.3 is 12.3 Å². The molecule has 0 bridgehead atoms. The summed E-state index contributed by atoms with van der Waals surface area (Å²) >= 11 is 6.41. The molecule has 1 heterocycles. The van der Waals surface area contributed by atoms with Crippen molar-refractivity contribution in [2.45, 2.75) is 83.1 Å².